The molecule has 5 aromatic rings. The number of benzene rings is 3. The van der Waals surface area contributed by atoms with Crippen LogP contribution >= 0.6 is 58.3 Å². The summed E-state index contributed by atoms with van der Waals surface area (Å²) >= 11 is 14.9. The first-order valence-corrected chi connectivity index (χ1v) is 14.8. The van der Waals surface area contributed by atoms with Gasteiger partial charge in [-0.1, -0.05) is 30.3 Å². The maximum absolute atomic E-state index is 11.1. The van der Waals surface area contributed by atoms with Gasteiger partial charge in [0.15, 0.2) is 14.1 Å². The monoisotopic (exact) mass is 618 g/mol. The molecule has 2 heterocycles. The van der Waals surface area contributed by atoms with Gasteiger partial charge in [0.05, 0.1) is 31.1 Å². The lowest BCUT2D eigenvalue weighted by Gasteiger charge is -1.95. The number of thioether (sulfide) groups is 1. The number of thiazole rings is 2. The molecular weight excluding hydrogens is 596 g/mol. The second-order valence-corrected chi connectivity index (χ2v) is 12.3. The van der Waals surface area contributed by atoms with Gasteiger partial charge >= 0.3 is 0 Å². The number of hydrogen-bond donors (Lipinski definition) is 2. The first kappa shape index (κ1) is 30.4. The van der Waals surface area contributed by atoms with Gasteiger partial charge in [0.2, 0.25) is 0 Å². The van der Waals surface area contributed by atoms with E-state index >= 15 is 0 Å². The topological polar surface area (TPSA) is 132 Å². The van der Waals surface area contributed by atoms with E-state index < -0.39 is 4.92 Å². The summed E-state index contributed by atoms with van der Waals surface area (Å²) in [5, 5.41) is 11.3. The van der Waals surface area contributed by atoms with Crippen molar-refractivity contribution < 1.29 is 14.5 Å². The molecule has 0 aliphatic carbocycles. The number of carbonyl (C=O) groups is 2. The fourth-order valence-electron chi connectivity index (χ4n) is 3.03. The summed E-state index contributed by atoms with van der Waals surface area (Å²) in [6.07, 6.45) is 0.543. The van der Waals surface area contributed by atoms with Crippen LogP contribution in [0, 0.1) is 14.1 Å². The molecule has 0 spiro atoms. The van der Waals surface area contributed by atoms with Gasteiger partial charge in [-0.3, -0.25) is 19.7 Å². The highest BCUT2D eigenvalue weighted by Gasteiger charge is 2.10. The molecule has 8 nitrogen and oxygen atoms in total. The Morgan fingerprint density at radius 3 is 2.46 bits per heavy atom. The number of aromatic nitrogens is 2. The number of aromatic amines is 1. The minimum Gasteiger partial charge on any atom is -0.399 e. The van der Waals surface area contributed by atoms with E-state index in [1.54, 1.807) is 41.7 Å². The fraction of sp³-hybridized carbons (Fsp3) is 0.154. The number of hydrogen-bond acceptors (Lipinski definition) is 10. The Morgan fingerprint density at radius 1 is 1.10 bits per heavy atom. The second kappa shape index (κ2) is 14.3. The number of nitro groups is 1. The van der Waals surface area contributed by atoms with Gasteiger partial charge in [-0.15, -0.1) is 22.7 Å². The molecule has 0 fully saturated rings. The average molecular weight is 619 g/mol. The Morgan fingerprint density at radius 2 is 1.82 bits per heavy atom. The molecule has 0 atom stereocenters. The quantitative estimate of drug-likeness (QED) is 0.0484. The third kappa shape index (κ3) is 9.22. The number of halogens is 1. The van der Waals surface area contributed by atoms with Crippen molar-refractivity contribution in [3.63, 3.8) is 0 Å². The predicted octanol–water partition coefficient (Wildman–Crippen LogP) is 8.36. The van der Waals surface area contributed by atoms with Gasteiger partial charge in [-0.2, -0.15) is 0 Å². The number of rotatable bonds is 6. The van der Waals surface area contributed by atoms with E-state index in [-0.39, 0.29) is 17.3 Å². The van der Waals surface area contributed by atoms with Gasteiger partial charge in [-0.25, -0.2) is 4.98 Å². The van der Waals surface area contributed by atoms with Crippen molar-refractivity contribution in [2.24, 2.45) is 0 Å². The van der Waals surface area contributed by atoms with E-state index in [1.165, 1.54) is 42.2 Å². The Balaban J connectivity index is 0.000000168. The van der Waals surface area contributed by atoms with Crippen LogP contribution in [-0.2, 0) is 4.79 Å². The molecule has 0 unspecified atom stereocenters. The smallest absolute Gasteiger partial charge is 0.270 e. The second-order valence-electron chi connectivity index (χ2n) is 7.93. The van der Waals surface area contributed by atoms with E-state index in [1.807, 2.05) is 25.1 Å². The van der Waals surface area contributed by atoms with Crippen molar-refractivity contribution in [1.82, 2.24) is 9.97 Å². The van der Waals surface area contributed by atoms with Crippen molar-refractivity contribution in [2.75, 3.05) is 11.5 Å². The van der Waals surface area contributed by atoms with Crippen molar-refractivity contribution in [2.45, 2.75) is 24.6 Å². The number of Topliss-reactive ketones (excluding diaryl/α,β-unsaturated/α-hetero) is 2. The molecule has 0 bridgehead atoms. The maximum Gasteiger partial charge on any atom is 0.270 e. The minimum atomic E-state index is -0.429. The summed E-state index contributed by atoms with van der Waals surface area (Å²) in [5.74, 6) is 0.615. The van der Waals surface area contributed by atoms with Crippen LogP contribution in [0.25, 0.3) is 20.4 Å². The van der Waals surface area contributed by atoms with Crippen LogP contribution in [0.1, 0.15) is 30.6 Å². The molecule has 5 rings (SSSR count). The third-order valence-corrected chi connectivity index (χ3v) is 8.65. The Bertz CT molecular complexity index is 1680. The zero-order valence-electron chi connectivity index (χ0n) is 20.8. The number of ketones is 2. The van der Waals surface area contributed by atoms with Crippen molar-refractivity contribution in [3.8, 4) is 0 Å². The molecule has 0 aliphatic heterocycles. The number of nitrogens with zero attached hydrogens (tertiary/aromatic N) is 2. The van der Waals surface area contributed by atoms with Gasteiger partial charge < -0.3 is 10.7 Å². The first-order chi connectivity index (χ1) is 18.5. The van der Waals surface area contributed by atoms with E-state index in [0.717, 1.165) is 40.0 Å². The Kier molecular flexibility index (Phi) is 11.1. The molecule has 0 saturated carbocycles. The van der Waals surface area contributed by atoms with E-state index in [4.69, 9.17) is 29.6 Å². The van der Waals surface area contributed by atoms with Crippen molar-refractivity contribution >= 4 is 102 Å². The number of nitrogens with one attached hydrogen (secondary N) is 1. The molecule has 39 heavy (non-hydrogen) atoms. The zero-order chi connectivity index (χ0) is 28.5. The predicted molar refractivity (Wildman–Crippen MR) is 165 cm³/mol. The summed E-state index contributed by atoms with van der Waals surface area (Å²) in [4.78, 5) is 39.5. The number of carbonyl (C=O) groups excluding carboxylic acids is 2. The number of anilines is 1. The highest BCUT2D eigenvalue weighted by Crippen LogP contribution is 2.31. The standard InChI is InChI=1S/C10H8N2O3S2.C9H9ClO.C7H6N2S2/c1-6(13)5-16-10-11-8-3-2-7(12(14)15)4-9(8)17-10;1-2-9(11)7-3-5-8(10)6-4-7;8-4-1-2-5-6(3-4)11-7(10)9-5/h2-4H,5H2,1H3;3-6H,2H2,1H3;1-3H,8H2,(H,9,10). The van der Waals surface area contributed by atoms with Crippen LogP contribution in [0.4, 0.5) is 11.4 Å². The molecule has 13 heteroatoms. The van der Waals surface area contributed by atoms with E-state index in [2.05, 4.69) is 9.97 Å². The molecule has 0 aliphatic rings. The summed E-state index contributed by atoms with van der Waals surface area (Å²) in [6.45, 7) is 3.36. The molecular formula is C26H23ClN4O4S4. The van der Waals surface area contributed by atoms with Crippen LogP contribution in [-0.4, -0.2) is 32.2 Å². The average Bonchev–Trinajstić information content (AvgIpc) is 3.49. The molecule has 0 amide bonds. The number of nitrogen functional groups attached to an aromatic ring is 1. The highest BCUT2D eigenvalue weighted by molar-refractivity contribution is 8.01. The lowest BCUT2D eigenvalue weighted by Crippen LogP contribution is -1.94. The molecule has 0 radical (unpaired) electrons. The van der Waals surface area contributed by atoms with Crippen LogP contribution in [0.5, 0.6) is 0 Å². The van der Waals surface area contributed by atoms with Gasteiger partial charge in [0, 0.05) is 34.8 Å². The van der Waals surface area contributed by atoms with Crippen molar-refractivity contribution in [1.29, 1.82) is 0 Å². The number of fused-ring (bicyclic) bond motifs is 2. The van der Waals surface area contributed by atoms with Crippen molar-refractivity contribution in [3.05, 3.63) is 85.3 Å². The first-order valence-electron chi connectivity index (χ1n) is 11.4. The Labute approximate surface area is 246 Å². The summed E-state index contributed by atoms with van der Waals surface area (Å²) < 4.78 is 3.45. The normalized spacial score (nSPS) is 10.3. The lowest BCUT2D eigenvalue weighted by atomic mass is 10.1. The number of nitro benzene ring substituents is 1. The highest BCUT2D eigenvalue weighted by atomic mass is 35.5. The van der Waals surface area contributed by atoms with Crippen LogP contribution in [0.3, 0.4) is 0 Å². The summed E-state index contributed by atoms with van der Waals surface area (Å²) in [6, 6.07) is 17.2. The van der Waals surface area contributed by atoms with Crippen LogP contribution in [0.2, 0.25) is 5.02 Å². The SMILES string of the molecule is CC(=O)CSc1nc2ccc([N+](=O)[O-])cc2s1.CCC(=O)c1ccc(Cl)cc1.Nc1ccc2[nH]c(=S)sc2c1. The molecule has 2 aromatic heterocycles. The van der Waals surface area contributed by atoms with Gasteiger partial charge in [-0.05, 0) is 67.7 Å². The molecule has 3 N–H and O–H groups in total. The van der Waals surface area contributed by atoms with Gasteiger partial charge in [0.1, 0.15) is 5.78 Å². The third-order valence-electron chi connectivity index (χ3n) is 4.89. The largest absolute Gasteiger partial charge is 0.399 e. The fourth-order valence-corrected chi connectivity index (χ4v) is 6.22. The van der Waals surface area contributed by atoms with Gasteiger partial charge in [0.25, 0.3) is 5.69 Å². The molecule has 202 valence electrons. The maximum atomic E-state index is 11.1. The molecule has 0 saturated heterocycles. The van der Waals surface area contributed by atoms with Crippen LogP contribution < -0.4 is 5.73 Å². The lowest BCUT2D eigenvalue weighted by molar-refractivity contribution is -0.384. The van der Waals surface area contributed by atoms with E-state index in [9.17, 15) is 19.7 Å². The summed E-state index contributed by atoms with van der Waals surface area (Å²) in [5.41, 5.74) is 8.96. The number of H-pyrrole nitrogens is 1. The minimum absolute atomic E-state index is 0.0595. The summed E-state index contributed by atoms with van der Waals surface area (Å²) in [7, 11) is 0. The Hall–Kier alpha value is -3.16. The number of non-ortho nitro benzene ring substituents is 1. The molecule has 3 aromatic carbocycles. The zero-order valence-corrected chi connectivity index (χ0v) is 24.8. The van der Waals surface area contributed by atoms with E-state index in [0.29, 0.717) is 17.2 Å². The number of nitrogens with two attached hydrogens (primary N) is 1. The van der Waals surface area contributed by atoms with Crippen LogP contribution in [0.15, 0.2) is 65.0 Å².